The molecule has 0 radical (unpaired) electrons. The second kappa shape index (κ2) is 7.52. The van der Waals surface area contributed by atoms with Crippen molar-refractivity contribution in [3.8, 4) is 0 Å². The number of rotatable bonds is 5. The SMILES string of the molecule is CCC[C@@H](C(=O)Nc1cc(Cl)c(N)c(Cl)c1)c1ccccc1. The molecule has 0 saturated heterocycles. The first-order chi connectivity index (χ1) is 10.5. The molecule has 0 aliphatic rings. The number of halogens is 2. The topological polar surface area (TPSA) is 55.1 Å². The summed E-state index contributed by atoms with van der Waals surface area (Å²) in [5.74, 6) is -0.286. The van der Waals surface area contributed by atoms with Crippen LogP contribution in [0, 0.1) is 0 Å². The largest absolute Gasteiger partial charge is 0.396 e. The summed E-state index contributed by atoms with van der Waals surface area (Å²) < 4.78 is 0. The number of anilines is 2. The van der Waals surface area contributed by atoms with Gasteiger partial charge in [0.25, 0.3) is 0 Å². The van der Waals surface area contributed by atoms with Gasteiger partial charge in [0.1, 0.15) is 0 Å². The number of nitrogens with one attached hydrogen (secondary N) is 1. The van der Waals surface area contributed by atoms with Gasteiger partial charge in [-0.05, 0) is 24.1 Å². The van der Waals surface area contributed by atoms with Crippen molar-refractivity contribution in [2.75, 3.05) is 11.1 Å². The lowest BCUT2D eigenvalue weighted by atomic mass is 9.93. The Morgan fingerprint density at radius 2 is 1.77 bits per heavy atom. The predicted octanol–water partition coefficient (Wildman–Crippen LogP) is 5.10. The summed E-state index contributed by atoms with van der Waals surface area (Å²) in [5, 5.41) is 3.53. The van der Waals surface area contributed by atoms with E-state index >= 15 is 0 Å². The Bertz CT molecular complexity index is 636. The highest BCUT2D eigenvalue weighted by Gasteiger charge is 2.20. The average Bonchev–Trinajstić information content (AvgIpc) is 2.51. The summed E-state index contributed by atoms with van der Waals surface area (Å²) in [6.07, 6.45) is 1.68. The molecule has 0 spiro atoms. The second-order valence-corrected chi connectivity index (χ2v) is 5.91. The highest BCUT2D eigenvalue weighted by molar-refractivity contribution is 6.39. The van der Waals surface area contributed by atoms with E-state index < -0.39 is 0 Å². The van der Waals surface area contributed by atoms with Crippen LogP contribution in [-0.4, -0.2) is 5.91 Å². The third-order valence-corrected chi connectivity index (χ3v) is 4.07. The molecule has 2 rings (SSSR count). The van der Waals surface area contributed by atoms with Crippen molar-refractivity contribution in [2.45, 2.75) is 25.7 Å². The van der Waals surface area contributed by atoms with Crippen LogP contribution in [0.25, 0.3) is 0 Å². The van der Waals surface area contributed by atoms with E-state index in [1.54, 1.807) is 12.1 Å². The fraction of sp³-hybridized carbons (Fsp3) is 0.235. The molecule has 0 bridgehead atoms. The van der Waals surface area contributed by atoms with Gasteiger partial charge in [0.2, 0.25) is 5.91 Å². The number of nitrogens with two attached hydrogens (primary N) is 1. The van der Waals surface area contributed by atoms with Crippen molar-refractivity contribution >= 4 is 40.5 Å². The zero-order valence-corrected chi connectivity index (χ0v) is 13.8. The molecule has 22 heavy (non-hydrogen) atoms. The smallest absolute Gasteiger partial charge is 0.231 e. The van der Waals surface area contributed by atoms with Crippen LogP contribution in [0.3, 0.4) is 0 Å². The maximum absolute atomic E-state index is 12.6. The minimum absolute atomic E-state index is 0.0787. The molecular weight excluding hydrogens is 319 g/mol. The van der Waals surface area contributed by atoms with Gasteiger partial charge in [0, 0.05) is 5.69 Å². The van der Waals surface area contributed by atoms with Gasteiger partial charge >= 0.3 is 0 Å². The molecule has 2 aromatic rings. The Hall–Kier alpha value is -1.71. The minimum atomic E-state index is -0.207. The quantitative estimate of drug-likeness (QED) is 0.746. The standard InChI is InChI=1S/C17H18Cl2N2O/c1-2-6-13(11-7-4-3-5-8-11)17(22)21-12-9-14(18)16(20)15(19)10-12/h3-5,7-10,13H,2,6,20H2,1H3,(H,21,22)/t13-/m1/s1. The van der Waals surface area contributed by atoms with E-state index in [0.717, 1.165) is 18.4 Å². The van der Waals surface area contributed by atoms with Crippen molar-refractivity contribution in [1.82, 2.24) is 0 Å². The van der Waals surface area contributed by atoms with E-state index in [2.05, 4.69) is 12.2 Å². The van der Waals surface area contributed by atoms with Gasteiger partial charge in [-0.1, -0.05) is 66.9 Å². The molecular formula is C17H18Cl2N2O. The molecule has 1 amide bonds. The van der Waals surface area contributed by atoms with Crippen molar-refractivity contribution in [2.24, 2.45) is 0 Å². The lowest BCUT2D eigenvalue weighted by Crippen LogP contribution is -2.21. The van der Waals surface area contributed by atoms with E-state index in [4.69, 9.17) is 28.9 Å². The van der Waals surface area contributed by atoms with E-state index in [9.17, 15) is 4.79 Å². The molecule has 116 valence electrons. The third-order valence-electron chi connectivity index (χ3n) is 3.44. The first-order valence-electron chi connectivity index (χ1n) is 7.13. The lowest BCUT2D eigenvalue weighted by Gasteiger charge is -2.17. The van der Waals surface area contributed by atoms with Crippen LogP contribution in [-0.2, 0) is 4.79 Å². The van der Waals surface area contributed by atoms with Crippen molar-refractivity contribution in [3.05, 3.63) is 58.1 Å². The Morgan fingerprint density at radius 3 is 2.32 bits per heavy atom. The zero-order chi connectivity index (χ0) is 16.1. The molecule has 3 nitrogen and oxygen atoms in total. The lowest BCUT2D eigenvalue weighted by molar-refractivity contribution is -0.117. The molecule has 2 aromatic carbocycles. The van der Waals surface area contributed by atoms with Crippen LogP contribution in [0.5, 0.6) is 0 Å². The number of amides is 1. The first-order valence-corrected chi connectivity index (χ1v) is 7.88. The maximum atomic E-state index is 12.6. The summed E-state index contributed by atoms with van der Waals surface area (Å²) in [7, 11) is 0. The summed E-state index contributed by atoms with van der Waals surface area (Å²) in [6, 6.07) is 12.9. The average molecular weight is 337 g/mol. The van der Waals surface area contributed by atoms with E-state index in [1.165, 1.54) is 0 Å². The molecule has 0 saturated carbocycles. The third kappa shape index (κ3) is 3.93. The Morgan fingerprint density at radius 1 is 1.18 bits per heavy atom. The van der Waals surface area contributed by atoms with E-state index in [0.29, 0.717) is 21.4 Å². The molecule has 0 fully saturated rings. The minimum Gasteiger partial charge on any atom is -0.396 e. The number of hydrogen-bond acceptors (Lipinski definition) is 2. The van der Waals surface area contributed by atoms with Gasteiger partial charge in [-0.3, -0.25) is 4.79 Å². The molecule has 5 heteroatoms. The van der Waals surface area contributed by atoms with Crippen molar-refractivity contribution in [1.29, 1.82) is 0 Å². The molecule has 3 N–H and O–H groups in total. The van der Waals surface area contributed by atoms with Gasteiger partial charge in [-0.15, -0.1) is 0 Å². The molecule has 0 aliphatic heterocycles. The number of carbonyl (C=O) groups excluding carboxylic acids is 1. The van der Waals surface area contributed by atoms with Crippen LogP contribution < -0.4 is 11.1 Å². The van der Waals surface area contributed by atoms with Crippen molar-refractivity contribution < 1.29 is 4.79 Å². The van der Waals surface area contributed by atoms with Crippen LogP contribution in [0.15, 0.2) is 42.5 Å². The Balaban J connectivity index is 2.22. The second-order valence-electron chi connectivity index (χ2n) is 5.09. The van der Waals surface area contributed by atoms with Gasteiger partial charge in [-0.2, -0.15) is 0 Å². The molecule has 0 aromatic heterocycles. The normalized spacial score (nSPS) is 12.0. The molecule has 1 atom stereocenters. The van der Waals surface area contributed by atoms with E-state index in [-0.39, 0.29) is 11.8 Å². The number of carbonyl (C=O) groups is 1. The zero-order valence-electron chi connectivity index (χ0n) is 12.3. The van der Waals surface area contributed by atoms with Crippen LogP contribution in [0.1, 0.15) is 31.2 Å². The fourth-order valence-electron chi connectivity index (χ4n) is 2.31. The Labute approximate surface area is 140 Å². The van der Waals surface area contributed by atoms with Gasteiger partial charge in [-0.25, -0.2) is 0 Å². The predicted molar refractivity (Wildman–Crippen MR) is 93.6 cm³/mol. The summed E-state index contributed by atoms with van der Waals surface area (Å²) >= 11 is 12.0. The van der Waals surface area contributed by atoms with Gasteiger partial charge < -0.3 is 11.1 Å². The number of nitrogen functional groups attached to an aromatic ring is 1. The highest BCUT2D eigenvalue weighted by atomic mass is 35.5. The van der Waals surface area contributed by atoms with Crippen LogP contribution >= 0.6 is 23.2 Å². The van der Waals surface area contributed by atoms with Gasteiger partial charge in [0.05, 0.1) is 21.7 Å². The maximum Gasteiger partial charge on any atom is 0.231 e. The Kier molecular flexibility index (Phi) is 5.69. The number of benzene rings is 2. The van der Waals surface area contributed by atoms with Gasteiger partial charge in [0.15, 0.2) is 0 Å². The monoisotopic (exact) mass is 336 g/mol. The number of hydrogen-bond donors (Lipinski definition) is 2. The molecule has 0 heterocycles. The highest BCUT2D eigenvalue weighted by Crippen LogP contribution is 2.32. The van der Waals surface area contributed by atoms with Crippen LogP contribution in [0.2, 0.25) is 10.0 Å². The van der Waals surface area contributed by atoms with Crippen LogP contribution in [0.4, 0.5) is 11.4 Å². The molecule has 0 aliphatic carbocycles. The summed E-state index contributed by atoms with van der Waals surface area (Å²) in [4.78, 5) is 12.6. The molecule has 0 unspecified atom stereocenters. The summed E-state index contributed by atoms with van der Waals surface area (Å²) in [5.41, 5.74) is 7.56. The fourth-order valence-corrected chi connectivity index (χ4v) is 2.80. The summed E-state index contributed by atoms with van der Waals surface area (Å²) in [6.45, 7) is 2.06. The van der Waals surface area contributed by atoms with E-state index in [1.807, 2.05) is 30.3 Å². The van der Waals surface area contributed by atoms with Crippen molar-refractivity contribution in [3.63, 3.8) is 0 Å². The first kappa shape index (κ1) is 16.7.